The van der Waals surface area contributed by atoms with E-state index in [1.165, 1.54) is 0 Å². The lowest BCUT2D eigenvalue weighted by atomic mass is 9.84. The van der Waals surface area contributed by atoms with Gasteiger partial charge in [0.1, 0.15) is 0 Å². The number of carbonyl (C=O) groups is 2. The number of ether oxygens (including phenoxy) is 1. The van der Waals surface area contributed by atoms with Gasteiger partial charge in [-0.05, 0) is 56.5 Å². The summed E-state index contributed by atoms with van der Waals surface area (Å²) in [5.41, 5.74) is 0.280. The first-order valence-electron chi connectivity index (χ1n) is 12.1. The quantitative estimate of drug-likeness (QED) is 0.685. The van der Waals surface area contributed by atoms with Gasteiger partial charge in [-0.15, -0.1) is 0 Å². The van der Waals surface area contributed by atoms with Gasteiger partial charge in [-0.2, -0.15) is 0 Å². The Morgan fingerprint density at radius 3 is 2.07 bits per heavy atom. The Morgan fingerprint density at radius 2 is 1.50 bits per heavy atom. The summed E-state index contributed by atoms with van der Waals surface area (Å²) >= 11 is 0. The van der Waals surface area contributed by atoms with Gasteiger partial charge in [0.25, 0.3) is 0 Å². The predicted octanol–water partition coefficient (Wildman–Crippen LogP) is 3.01. The van der Waals surface area contributed by atoms with E-state index in [4.69, 9.17) is 4.74 Å². The highest BCUT2D eigenvalue weighted by Crippen LogP contribution is 2.28. The topological polar surface area (TPSA) is 53.1 Å². The minimum Gasteiger partial charge on any atom is -0.378 e. The van der Waals surface area contributed by atoms with E-state index in [1.54, 1.807) is 0 Å². The van der Waals surface area contributed by atoms with E-state index in [9.17, 15) is 9.59 Å². The summed E-state index contributed by atoms with van der Waals surface area (Å²) < 4.78 is 5.37. The van der Waals surface area contributed by atoms with Crippen molar-refractivity contribution in [2.45, 2.75) is 72.3 Å². The Morgan fingerprint density at radius 1 is 0.900 bits per heavy atom. The van der Waals surface area contributed by atoms with Crippen LogP contribution in [0.5, 0.6) is 0 Å². The van der Waals surface area contributed by atoms with Gasteiger partial charge in [0.15, 0.2) is 0 Å². The Labute approximate surface area is 183 Å². The van der Waals surface area contributed by atoms with Crippen LogP contribution in [0, 0.1) is 17.3 Å². The van der Waals surface area contributed by atoms with Crippen molar-refractivity contribution in [1.29, 1.82) is 0 Å². The third-order valence-electron chi connectivity index (χ3n) is 7.02. The molecule has 0 spiro atoms. The molecule has 0 aromatic carbocycles. The first-order valence-corrected chi connectivity index (χ1v) is 12.1. The SMILES string of the molecule is CC(CC(=O)N1CCC(N2CCC(C(=O)N3CCOCC3)CC2)CC1)CC(C)(C)C. The van der Waals surface area contributed by atoms with Crippen molar-refractivity contribution in [2.24, 2.45) is 17.3 Å². The Kier molecular flexibility index (Phi) is 8.19. The summed E-state index contributed by atoms with van der Waals surface area (Å²) in [6.07, 6.45) is 5.85. The fraction of sp³-hybridized carbons (Fsp3) is 0.917. The molecule has 3 aliphatic heterocycles. The molecule has 2 amide bonds. The summed E-state index contributed by atoms with van der Waals surface area (Å²) in [6, 6.07) is 0.570. The number of carbonyl (C=O) groups excluding carboxylic acids is 2. The van der Waals surface area contributed by atoms with Gasteiger partial charge < -0.3 is 19.4 Å². The molecule has 0 saturated carbocycles. The second kappa shape index (κ2) is 10.4. The van der Waals surface area contributed by atoms with E-state index in [-0.39, 0.29) is 11.3 Å². The van der Waals surface area contributed by atoms with Gasteiger partial charge in [-0.1, -0.05) is 27.7 Å². The Balaban J connectivity index is 1.37. The van der Waals surface area contributed by atoms with Gasteiger partial charge in [0.05, 0.1) is 13.2 Å². The van der Waals surface area contributed by atoms with Crippen LogP contribution in [0.25, 0.3) is 0 Å². The zero-order valence-electron chi connectivity index (χ0n) is 19.7. The zero-order valence-corrected chi connectivity index (χ0v) is 19.7. The van der Waals surface area contributed by atoms with E-state index < -0.39 is 0 Å². The van der Waals surface area contributed by atoms with Crippen molar-refractivity contribution in [3.05, 3.63) is 0 Å². The van der Waals surface area contributed by atoms with Crippen LogP contribution < -0.4 is 0 Å². The molecule has 3 heterocycles. The van der Waals surface area contributed by atoms with E-state index >= 15 is 0 Å². The molecule has 0 bridgehead atoms. The summed E-state index contributed by atoms with van der Waals surface area (Å²) in [5, 5.41) is 0. The normalized spacial score (nSPS) is 24.1. The number of rotatable bonds is 5. The monoisotopic (exact) mass is 421 g/mol. The number of hydrogen-bond donors (Lipinski definition) is 0. The van der Waals surface area contributed by atoms with Crippen LogP contribution in [0.15, 0.2) is 0 Å². The first-order chi connectivity index (χ1) is 14.2. The third kappa shape index (κ3) is 6.68. The van der Waals surface area contributed by atoms with Crippen molar-refractivity contribution < 1.29 is 14.3 Å². The van der Waals surface area contributed by atoms with Gasteiger partial charge >= 0.3 is 0 Å². The fourth-order valence-electron chi connectivity index (χ4n) is 5.58. The van der Waals surface area contributed by atoms with Crippen molar-refractivity contribution >= 4 is 11.8 Å². The molecule has 0 aromatic heterocycles. The maximum atomic E-state index is 12.7. The van der Waals surface area contributed by atoms with Crippen molar-refractivity contribution in [1.82, 2.24) is 14.7 Å². The largest absolute Gasteiger partial charge is 0.378 e. The molecule has 30 heavy (non-hydrogen) atoms. The van der Waals surface area contributed by atoms with Crippen LogP contribution in [0.1, 0.15) is 66.2 Å². The van der Waals surface area contributed by atoms with Crippen LogP contribution in [-0.4, -0.2) is 85.0 Å². The van der Waals surface area contributed by atoms with Crippen LogP contribution in [0.4, 0.5) is 0 Å². The molecule has 3 aliphatic rings. The number of likely N-dealkylation sites (tertiary alicyclic amines) is 2. The standard InChI is InChI=1S/C24H43N3O3/c1-19(18-24(2,3)4)17-22(28)26-11-7-21(8-12-26)25-9-5-20(6-10-25)23(29)27-13-15-30-16-14-27/h19-21H,5-18H2,1-4H3. The van der Waals surface area contributed by atoms with Gasteiger partial charge in [-0.25, -0.2) is 0 Å². The number of nitrogens with zero attached hydrogens (tertiary/aromatic N) is 3. The molecular formula is C24H43N3O3. The second-order valence-electron chi connectivity index (χ2n) is 10.9. The highest BCUT2D eigenvalue weighted by molar-refractivity contribution is 5.79. The van der Waals surface area contributed by atoms with E-state index in [0.29, 0.717) is 43.4 Å². The Bertz CT molecular complexity index is 567. The zero-order chi connectivity index (χ0) is 21.7. The summed E-state index contributed by atoms with van der Waals surface area (Å²) in [7, 11) is 0. The third-order valence-corrected chi connectivity index (χ3v) is 7.02. The van der Waals surface area contributed by atoms with E-state index in [0.717, 1.165) is 71.4 Å². The van der Waals surface area contributed by atoms with Gasteiger partial charge in [0.2, 0.25) is 11.8 Å². The Hall–Kier alpha value is -1.14. The molecule has 6 heteroatoms. The average molecular weight is 422 g/mol. The van der Waals surface area contributed by atoms with Crippen molar-refractivity contribution in [2.75, 3.05) is 52.5 Å². The predicted molar refractivity (Wildman–Crippen MR) is 119 cm³/mol. The lowest BCUT2D eigenvalue weighted by molar-refractivity contribution is -0.142. The number of piperidine rings is 2. The number of hydrogen-bond acceptors (Lipinski definition) is 4. The molecule has 0 N–H and O–H groups in total. The fourth-order valence-corrected chi connectivity index (χ4v) is 5.58. The molecule has 1 atom stereocenters. The molecule has 1 unspecified atom stereocenters. The first kappa shape index (κ1) is 23.5. The van der Waals surface area contributed by atoms with E-state index in [1.807, 2.05) is 4.90 Å². The smallest absolute Gasteiger partial charge is 0.225 e. The molecule has 6 nitrogen and oxygen atoms in total. The van der Waals surface area contributed by atoms with Crippen LogP contribution in [0.2, 0.25) is 0 Å². The summed E-state index contributed by atoms with van der Waals surface area (Å²) in [5.74, 6) is 1.30. The molecule has 0 aliphatic carbocycles. The minimum absolute atomic E-state index is 0.185. The second-order valence-corrected chi connectivity index (χ2v) is 10.9. The van der Waals surface area contributed by atoms with Crippen LogP contribution in [0.3, 0.4) is 0 Å². The maximum absolute atomic E-state index is 12.7. The number of morpholine rings is 1. The minimum atomic E-state index is 0.185. The summed E-state index contributed by atoms with van der Waals surface area (Å²) in [6.45, 7) is 15.6. The van der Waals surface area contributed by atoms with Gasteiger partial charge in [0, 0.05) is 44.6 Å². The van der Waals surface area contributed by atoms with Crippen molar-refractivity contribution in [3.63, 3.8) is 0 Å². The molecule has 3 saturated heterocycles. The van der Waals surface area contributed by atoms with Gasteiger partial charge in [-0.3, -0.25) is 9.59 Å². The van der Waals surface area contributed by atoms with Crippen molar-refractivity contribution in [3.8, 4) is 0 Å². The molecule has 3 fully saturated rings. The molecular weight excluding hydrogens is 378 g/mol. The molecule has 0 aromatic rings. The molecule has 3 rings (SSSR count). The van der Waals surface area contributed by atoms with Crippen LogP contribution in [-0.2, 0) is 14.3 Å². The lowest BCUT2D eigenvalue weighted by Gasteiger charge is -2.42. The lowest BCUT2D eigenvalue weighted by Crippen LogP contribution is -2.51. The van der Waals surface area contributed by atoms with E-state index in [2.05, 4.69) is 37.5 Å². The molecule has 0 radical (unpaired) electrons. The molecule has 172 valence electrons. The highest BCUT2D eigenvalue weighted by atomic mass is 16.5. The number of amides is 2. The maximum Gasteiger partial charge on any atom is 0.225 e. The summed E-state index contributed by atoms with van der Waals surface area (Å²) in [4.78, 5) is 32.1. The average Bonchev–Trinajstić information content (AvgIpc) is 2.72. The van der Waals surface area contributed by atoms with Crippen LogP contribution >= 0.6 is 0 Å². The highest BCUT2D eigenvalue weighted by Gasteiger charge is 2.33.